The van der Waals surface area contributed by atoms with E-state index in [4.69, 9.17) is 4.74 Å². The van der Waals surface area contributed by atoms with Crippen LogP contribution in [-0.4, -0.2) is 78.0 Å². The molecule has 0 aromatic rings. The molecule has 2 heterocycles. The van der Waals surface area contributed by atoms with E-state index in [0.717, 1.165) is 38.6 Å². The number of rotatable bonds is 4. The maximum absolute atomic E-state index is 12.7. The second-order valence-corrected chi connectivity index (χ2v) is 8.83. The topological polar surface area (TPSA) is 70.2 Å². The number of hydrogen-bond donors (Lipinski definition) is 0. The monoisotopic (exact) mass is 381 g/mol. The van der Waals surface area contributed by atoms with Crippen LogP contribution in [0.5, 0.6) is 0 Å². The molecule has 7 nitrogen and oxygen atoms in total. The van der Waals surface area contributed by atoms with Crippen LogP contribution in [0.2, 0.25) is 0 Å². The molecule has 0 N–H and O–H groups in total. The number of amides is 3. The molecule has 0 bridgehead atoms. The lowest BCUT2D eigenvalue weighted by Crippen LogP contribution is -2.48. The molecular weight excluding hydrogens is 346 g/mol. The summed E-state index contributed by atoms with van der Waals surface area (Å²) >= 11 is 0. The van der Waals surface area contributed by atoms with E-state index in [-0.39, 0.29) is 30.4 Å². The van der Waals surface area contributed by atoms with E-state index in [1.165, 1.54) is 0 Å². The van der Waals surface area contributed by atoms with Crippen LogP contribution >= 0.6 is 0 Å². The summed E-state index contributed by atoms with van der Waals surface area (Å²) < 4.78 is 5.40. The molecule has 0 aromatic carbocycles. The molecule has 0 saturated carbocycles. The van der Waals surface area contributed by atoms with Crippen LogP contribution < -0.4 is 0 Å². The predicted octanol–water partition coefficient (Wildman–Crippen LogP) is 2.49. The van der Waals surface area contributed by atoms with Gasteiger partial charge in [0.25, 0.3) is 0 Å². The Kier molecular flexibility index (Phi) is 7.50. The molecule has 3 amide bonds. The number of ether oxygens (including phenoxy) is 1. The molecule has 0 aliphatic carbocycles. The maximum Gasteiger partial charge on any atom is 0.410 e. The zero-order valence-electron chi connectivity index (χ0n) is 17.3. The first-order chi connectivity index (χ1) is 12.7. The Morgan fingerprint density at radius 2 is 1.89 bits per heavy atom. The van der Waals surface area contributed by atoms with E-state index in [0.29, 0.717) is 26.1 Å². The van der Waals surface area contributed by atoms with Crippen LogP contribution in [-0.2, 0) is 14.3 Å². The lowest BCUT2D eigenvalue weighted by atomic mass is 9.97. The molecule has 2 aliphatic heterocycles. The van der Waals surface area contributed by atoms with Crippen molar-refractivity contribution in [2.24, 2.45) is 5.92 Å². The number of carbonyl (C=O) groups excluding carboxylic acids is 3. The van der Waals surface area contributed by atoms with Gasteiger partial charge in [0.05, 0.1) is 6.54 Å². The van der Waals surface area contributed by atoms with Gasteiger partial charge in [-0.3, -0.25) is 9.59 Å². The van der Waals surface area contributed by atoms with Crippen molar-refractivity contribution >= 4 is 17.9 Å². The average Bonchev–Trinajstić information content (AvgIpc) is 2.78. The van der Waals surface area contributed by atoms with Crippen molar-refractivity contribution < 1.29 is 19.1 Å². The molecular formula is C20H35N3O4. The van der Waals surface area contributed by atoms with Gasteiger partial charge in [-0.2, -0.15) is 0 Å². The van der Waals surface area contributed by atoms with Crippen LogP contribution in [0.15, 0.2) is 0 Å². The predicted molar refractivity (Wildman–Crippen MR) is 103 cm³/mol. The average molecular weight is 382 g/mol. The zero-order chi connectivity index (χ0) is 20.0. The minimum atomic E-state index is -0.514. The number of piperidine rings is 1. The zero-order valence-corrected chi connectivity index (χ0v) is 17.3. The molecule has 2 saturated heterocycles. The Bertz CT molecular complexity index is 544. The van der Waals surface area contributed by atoms with E-state index in [1.54, 1.807) is 16.8 Å². The Balaban J connectivity index is 1.84. The van der Waals surface area contributed by atoms with Crippen molar-refractivity contribution in [3.8, 4) is 0 Å². The Morgan fingerprint density at radius 1 is 1.15 bits per heavy atom. The summed E-state index contributed by atoms with van der Waals surface area (Å²) in [4.78, 5) is 42.2. The molecule has 0 spiro atoms. The van der Waals surface area contributed by atoms with Crippen molar-refractivity contribution in [2.75, 3.05) is 39.8 Å². The first-order valence-corrected chi connectivity index (χ1v) is 10.2. The normalized spacial score (nSPS) is 21.6. The van der Waals surface area contributed by atoms with Gasteiger partial charge in [0.15, 0.2) is 0 Å². The van der Waals surface area contributed by atoms with Crippen LogP contribution in [0.1, 0.15) is 59.3 Å². The second-order valence-electron chi connectivity index (χ2n) is 8.83. The highest BCUT2D eigenvalue weighted by atomic mass is 16.6. The summed E-state index contributed by atoms with van der Waals surface area (Å²) in [5, 5.41) is 0. The number of likely N-dealkylation sites (tertiary alicyclic amines) is 2. The highest BCUT2D eigenvalue weighted by Crippen LogP contribution is 2.19. The second kappa shape index (κ2) is 9.42. The first kappa shape index (κ1) is 21.5. The highest BCUT2D eigenvalue weighted by molar-refractivity contribution is 5.85. The summed E-state index contributed by atoms with van der Waals surface area (Å²) in [6, 6.07) is 0. The lowest BCUT2D eigenvalue weighted by molar-refractivity contribution is -0.141. The third-order valence-electron chi connectivity index (χ3n) is 5.11. The van der Waals surface area contributed by atoms with Crippen LogP contribution in [0.25, 0.3) is 0 Å². The first-order valence-electron chi connectivity index (χ1n) is 10.2. The van der Waals surface area contributed by atoms with Gasteiger partial charge >= 0.3 is 6.09 Å². The molecule has 1 atom stereocenters. The third kappa shape index (κ3) is 7.03. The van der Waals surface area contributed by atoms with Crippen LogP contribution in [0.4, 0.5) is 4.79 Å². The number of nitrogens with zero attached hydrogens (tertiary/aromatic N) is 3. The Labute approximate surface area is 163 Å². The summed E-state index contributed by atoms with van der Waals surface area (Å²) in [5.41, 5.74) is -0.514. The Morgan fingerprint density at radius 3 is 2.59 bits per heavy atom. The minimum absolute atomic E-state index is 0.0230. The quantitative estimate of drug-likeness (QED) is 0.750. The molecule has 1 unspecified atom stereocenters. The van der Waals surface area contributed by atoms with E-state index in [1.807, 2.05) is 25.7 Å². The standard InChI is InChI=1S/C20H35N3O4/c1-20(2,3)27-19(26)21(4)13-16-9-8-12-22(14-16)18(25)15-23-11-7-5-6-10-17(23)24/h16H,5-15H2,1-4H3. The fraction of sp³-hybridized carbons (Fsp3) is 0.850. The summed E-state index contributed by atoms with van der Waals surface area (Å²) in [6.07, 6.45) is 5.08. The van der Waals surface area contributed by atoms with Crippen LogP contribution in [0.3, 0.4) is 0 Å². The van der Waals surface area contributed by atoms with Crippen LogP contribution in [0, 0.1) is 5.92 Å². The van der Waals surface area contributed by atoms with Crippen molar-refractivity contribution in [3.63, 3.8) is 0 Å². The molecule has 2 fully saturated rings. The van der Waals surface area contributed by atoms with E-state index in [9.17, 15) is 14.4 Å². The molecule has 27 heavy (non-hydrogen) atoms. The van der Waals surface area contributed by atoms with Crippen molar-refractivity contribution in [1.82, 2.24) is 14.7 Å². The van der Waals surface area contributed by atoms with Crippen molar-refractivity contribution in [2.45, 2.75) is 64.9 Å². The van der Waals surface area contributed by atoms with Gasteiger partial charge in [-0.25, -0.2) is 4.79 Å². The summed E-state index contributed by atoms with van der Waals surface area (Å²) in [6.45, 7) is 8.36. The fourth-order valence-electron chi connectivity index (χ4n) is 3.71. The molecule has 2 aliphatic rings. The van der Waals surface area contributed by atoms with Crippen molar-refractivity contribution in [3.05, 3.63) is 0 Å². The maximum atomic E-state index is 12.7. The molecule has 2 rings (SSSR count). The number of hydrogen-bond acceptors (Lipinski definition) is 4. The molecule has 0 aromatic heterocycles. The van der Waals surface area contributed by atoms with Gasteiger partial charge in [0.2, 0.25) is 11.8 Å². The summed E-state index contributed by atoms with van der Waals surface area (Å²) in [5.74, 6) is 0.356. The highest BCUT2D eigenvalue weighted by Gasteiger charge is 2.29. The molecule has 7 heteroatoms. The third-order valence-corrected chi connectivity index (χ3v) is 5.11. The van der Waals surface area contributed by atoms with Gasteiger partial charge in [-0.15, -0.1) is 0 Å². The van der Waals surface area contributed by atoms with E-state index >= 15 is 0 Å². The number of carbonyl (C=O) groups is 3. The molecule has 0 radical (unpaired) electrons. The van der Waals surface area contributed by atoms with E-state index in [2.05, 4.69) is 0 Å². The summed E-state index contributed by atoms with van der Waals surface area (Å²) in [7, 11) is 1.74. The fourth-order valence-corrected chi connectivity index (χ4v) is 3.71. The van der Waals surface area contributed by atoms with Gasteiger partial charge < -0.3 is 19.4 Å². The molecule has 154 valence electrons. The Hall–Kier alpha value is -1.79. The minimum Gasteiger partial charge on any atom is -0.444 e. The van der Waals surface area contributed by atoms with Gasteiger partial charge in [-0.05, 0) is 52.4 Å². The van der Waals surface area contributed by atoms with Crippen molar-refractivity contribution in [1.29, 1.82) is 0 Å². The van der Waals surface area contributed by atoms with E-state index < -0.39 is 5.60 Å². The SMILES string of the molecule is CN(CC1CCCN(C(=O)CN2CCCCCC2=O)C1)C(=O)OC(C)(C)C. The smallest absolute Gasteiger partial charge is 0.410 e. The lowest BCUT2D eigenvalue weighted by Gasteiger charge is -2.36. The largest absolute Gasteiger partial charge is 0.444 e. The van der Waals surface area contributed by atoms with Gasteiger partial charge in [0, 0.05) is 39.6 Å². The van der Waals surface area contributed by atoms with Gasteiger partial charge in [-0.1, -0.05) is 6.42 Å². The van der Waals surface area contributed by atoms with Gasteiger partial charge in [0.1, 0.15) is 5.60 Å².